The van der Waals surface area contributed by atoms with E-state index >= 15 is 0 Å². The second-order valence-electron chi connectivity index (χ2n) is 6.03. The quantitative estimate of drug-likeness (QED) is 0.510. The summed E-state index contributed by atoms with van der Waals surface area (Å²) in [5.41, 5.74) is 4.99. The van der Waals surface area contributed by atoms with Crippen LogP contribution in [0, 0.1) is 17.5 Å². The zero-order valence-corrected chi connectivity index (χ0v) is 14.6. The van der Waals surface area contributed by atoms with Gasteiger partial charge in [-0.3, -0.25) is 15.6 Å². The maximum atomic E-state index is 13.6. The third-order valence-corrected chi connectivity index (χ3v) is 4.32. The molecule has 1 amide bonds. The lowest BCUT2D eigenvalue weighted by atomic mass is 9.97. The smallest absolute Gasteiger partial charge is 0.245 e. The van der Waals surface area contributed by atoms with Crippen molar-refractivity contribution >= 4 is 22.4 Å². The van der Waals surface area contributed by atoms with Crippen molar-refractivity contribution in [2.24, 2.45) is 0 Å². The number of carbonyl (C=O) groups is 1. The molecular weight excluding hydrogens is 357 g/mol. The van der Waals surface area contributed by atoms with Crippen LogP contribution in [0.25, 0.3) is 10.8 Å². The number of benzene rings is 3. The van der Waals surface area contributed by atoms with E-state index in [-0.39, 0.29) is 5.69 Å². The van der Waals surface area contributed by atoms with E-state index in [0.29, 0.717) is 0 Å². The molecule has 0 aliphatic heterocycles. The van der Waals surface area contributed by atoms with Crippen LogP contribution in [0.5, 0.6) is 5.75 Å². The van der Waals surface area contributed by atoms with E-state index < -0.39 is 29.3 Å². The molecule has 0 radical (unpaired) electrons. The Bertz CT molecular complexity index is 1010. The van der Waals surface area contributed by atoms with Gasteiger partial charge >= 0.3 is 0 Å². The maximum absolute atomic E-state index is 13.6. The lowest BCUT2D eigenvalue weighted by Gasteiger charge is -2.15. The van der Waals surface area contributed by atoms with Crippen LogP contribution in [0.2, 0.25) is 0 Å². The minimum Gasteiger partial charge on any atom is -0.497 e. The standard InChI is InChI=1S/C20H17F3N2O2/c1-11(12-3-4-14-10-15(27-2)6-5-13(14)9-12)20(26)25-24-17-8-7-16(21)18(22)19(17)23/h3-11,24H,1-2H3,(H,25,26)/t11-/m0/s1. The van der Waals surface area contributed by atoms with Gasteiger partial charge in [0.25, 0.3) is 0 Å². The van der Waals surface area contributed by atoms with E-state index in [2.05, 4.69) is 10.9 Å². The molecule has 0 aliphatic rings. The van der Waals surface area contributed by atoms with Crippen LogP contribution in [0.15, 0.2) is 48.5 Å². The van der Waals surface area contributed by atoms with Crippen molar-refractivity contribution in [2.45, 2.75) is 12.8 Å². The fourth-order valence-corrected chi connectivity index (χ4v) is 2.65. The molecule has 0 aliphatic carbocycles. The number of hydrogen-bond donors (Lipinski definition) is 2. The van der Waals surface area contributed by atoms with Crippen LogP contribution in [-0.2, 0) is 4.79 Å². The molecule has 0 unspecified atom stereocenters. The van der Waals surface area contributed by atoms with Crippen molar-refractivity contribution in [1.82, 2.24) is 5.43 Å². The molecule has 4 nitrogen and oxygen atoms in total. The summed E-state index contributed by atoms with van der Waals surface area (Å²) in [5, 5.41) is 1.90. The van der Waals surface area contributed by atoms with Crippen molar-refractivity contribution in [3.63, 3.8) is 0 Å². The summed E-state index contributed by atoms with van der Waals surface area (Å²) >= 11 is 0. The van der Waals surface area contributed by atoms with Gasteiger partial charge in [0.05, 0.1) is 18.7 Å². The van der Waals surface area contributed by atoms with Crippen LogP contribution >= 0.6 is 0 Å². The Kier molecular flexibility index (Phi) is 5.21. The zero-order chi connectivity index (χ0) is 19.6. The van der Waals surface area contributed by atoms with E-state index in [4.69, 9.17) is 4.74 Å². The molecule has 3 aromatic rings. The number of hydrogen-bond acceptors (Lipinski definition) is 3. The summed E-state index contributed by atoms with van der Waals surface area (Å²) in [7, 11) is 1.59. The van der Waals surface area contributed by atoms with Gasteiger partial charge in [0.1, 0.15) is 5.75 Å². The molecule has 0 fully saturated rings. The third-order valence-electron chi connectivity index (χ3n) is 4.32. The Morgan fingerprint density at radius 3 is 2.41 bits per heavy atom. The first-order valence-corrected chi connectivity index (χ1v) is 8.17. The van der Waals surface area contributed by atoms with Gasteiger partial charge in [0.2, 0.25) is 5.91 Å². The maximum Gasteiger partial charge on any atom is 0.245 e. The Morgan fingerprint density at radius 2 is 1.67 bits per heavy atom. The lowest BCUT2D eigenvalue weighted by molar-refractivity contribution is -0.121. The van der Waals surface area contributed by atoms with E-state index in [9.17, 15) is 18.0 Å². The molecule has 7 heteroatoms. The highest BCUT2D eigenvalue weighted by Gasteiger charge is 2.18. The molecule has 3 aromatic carbocycles. The van der Waals surface area contributed by atoms with Crippen LogP contribution in [0.4, 0.5) is 18.9 Å². The second kappa shape index (κ2) is 7.57. The summed E-state index contributed by atoms with van der Waals surface area (Å²) in [6.45, 7) is 1.68. The van der Waals surface area contributed by atoms with Gasteiger partial charge in [-0.15, -0.1) is 0 Å². The monoisotopic (exact) mass is 374 g/mol. The minimum atomic E-state index is -1.60. The molecule has 0 bridgehead atoms. The number of rotatable bonds is 5. The molecule has 0 saturated carbocycles. The summed E-state index contributed by atoms with van der Waals surface area (Å²) in [6.07, 6.45) is 0. The minimum absolute atomic E-state index is 0.361. The first kappa shape index (κ1) is 18.6. The number of carbonyl (C=O) groups excluding carboxylic acids is 1. The first-order chi connectivity index (χ1) is 12.9. The highest BCUT2D eigenvalue weighted by Crippen LogP contribution is 2.25. The van der Waals surface area contributed by atoms with Gasteiger partial charge < -0.3 is 4.74 Å². The predicted molar refractivity (Wildman–Crippen MR) is 97.0 cm³/mol. The Morgan fingerprint density at radius 1 is 0.963 bits per heavy atom. The molecule has 140 valence electrons. The van der Waals surface area contributed by atoms with Crippen molar-refractivity contribution in [2.75, 3.05) is 12.5 Å². The van der Waals surface area contributed by atoms with Crippen LogP contribution < -0.4 is 15.6 Å². The molecule has 3 rings (SSSR count). The van der Waals surface area contributed by atoms with Crippen molar-refractivity contribution in [1.29, 1.82) is 0 Å². The van der Waals surface area contributed by atoms with Gasteiger partial charge in [0, 0.05) is 0 Å². The molecule has 27 heavy (non-hydrogen) atoms. The predicted octanol–water partition coefficient (Wildman–Crippen LogP) is 4.51. The molecule has 0 heterocycles. The van der Waals surface area contributed by atoms with E-state index in [1.165, 1.54) is 0 Å². The van der Waals surface area contributed by atoms with Crippen LogP contribution in [0.3, 0.4) is 0 Å². The van der Waals surface area contributed by atoms with Crippen molar-refractivity contribution in [3.05, 3.63) is 71.5 Å². The largest absolute Gasteiger partial charge is 0.497 e. The molecule has 0 aromatic heterocycles. The Labute approximate surface area is 153 Å². The number of hydrazine groups is 1. The summed E-state index contributed by atoms with van der Waals surface area (Å²) in [4.78, 5) is 12.3. The number of ether oxygens (including phenoxy) is 1. The van der Waals surface area contributed by atoms with Crippen LogP contribution in [-0.4, -0.2) is 13.0 Å². The van der Waals surface area contributed by atoms with Gasteiger partial charge in [-0.2, -0.15) is 0 Å². The number of methoxy groups -OCH3 is 1. The van der Waals surface area contributed by atoms with Gasteiger partial charge in [0.15, 0.2) is 17.5 Å². The average Bonchev–Trinajstić information content (AvgIpc) is 2.69. The van der Waals surface area contributed by atoms with E-state index in [1.807, 2.05) is 36.4 Å². The van der Waals surface area contributed by atoms with Crippen molar-refractivity contribution in [3.8, 4) is 5.75 Å². The lowest BCUT2D eigenvalue weighted by Crippen LogP contribution is -2.33. The summed E-state index contributed by atoms with van der Waals surface area (Å²) in [5.74, 6) is -4.58. The fourth-order valence-electron chi connectivity index (χ4n) is 2.65. The summed E-state index contributed by atoms with van der Waals surface area (Å²) in [6, 6.07) is 12.9. The highest BCUT2D eigenvalue weighted by molar-refractivity contribution is 5.88. The van der Waals surface area contributed by atoms with Crippen LogP contribution in [0.1, 0.15) is 18.4 Å². The zero-order valence-electron chi connectivity index (χ0n) is 14.6. The number of halogens is 3. The van der Waals surface area contributed by atoms with E-state index in [1.54, 1.807) is 14.0 Å². The Hall–Kier alpha value is -3.22. The van der Waals surface area contributed by atoms with Crippen molar-refractivity contribution < 1.29 is 22.7 Å². The molecule has 2 N–H and O–H groups in total. The molecule has 0 spiro atoms. The Balaban J connectivity index is 1.73. The third kappa shape index (κ3) is 3.81. The number of anilines is 1. The summed E-state index contributed by atoms with van der Waals surface area (Å²) < 4.78 is 45.0. The second-order valence-corrected chi connectivity index (χ2v) is 6.03. The van der Waals surface area contributed by atoms with E-state index in [0.717, 1.165) is 34.2 Å². The molecule has 1 atom stereocenters. The highest BCUT2D eigenvalue weighted by atomic mass is 19.2. The molecular formula is C20H17F3N2O2. The van der Waals surface area contributed by atoms with Gasteiger partial charge in [-0.05, 0) is 47.5 Å². The number of fused-ring (bicyclic) bond motifs is 1. The first-order valence-electron chi connectivity index (χ1n) is 8.17. The average molecular weight is 374 g/mol. The number of amides is 1. The normalized spacial score (nSPS) is 11.9. The fraction of sp³-hybridized carbons (Fsp3) is 0.150. The van der Waals surface area contributed by atoms with Gasteiger partial charge in [-0.25, -0.2) is 13.2 Å². The molecule has 0 saturated heterocycles. The number of nitrogens with one attached hydrogen (secondary N) is 2. The topological polar surface area (TPSA) is 50.4 Å². The van der Waals surface area contributed by atoms with Gasteiger partial charge in [-0.1, -0.05) is 24.3 Å². The SMILES string of the molecule is COc1ccc2cc([C@H](C)C(=O)NNc3ccc(F)c(F)c3F)ccc2c1.